The zero-order chi connectivity index (χ0) is 9.26. The van der Waals surface area contributed by atoms with Crippen LogP contribution in [0, 0.1) is 11.8 Å². The zero-order valence-corrected chi connectivity index (χ0v) is 9.05. The standard InChI is InChI=1S/C12H23N/c1-9-3-6-11(7-4-9)12-8-5-10(2)13-12/h9-13H,3-8H2,1-2H3. The fraction of sp³-hybridized carbons (Fsp3) is 1.00. The molecule has 0 spiro atoms. The van der Waals surface area contributed by atoms with Crippen LogP contribution < -0.4 is 5.32 Å². The molecule has 1 heterocycles. The molecule has 1 N–H and O–H groups in total. The topological polar surface area (TPSA) is 12.0 Å². The van der Waals surface area contributed by atoms with Gasteiger partial charge in [-0.25, -0.2) is 0 Å². The summed E-state index contributed by atoms with van der Waals surface area (Å²) >= 11 is 0. The summed E-state index contributed by atoms with van der Waals surface area (Å²) in [5.41, 5.74) is 0. The predicted octanol–water partition coefficient (Wildman–Crippen LogP) is 2.95. The minimum absolute atomic E-state index is 0.782. The Kier molecular flexibility index (Phi) is 2.92. The van der Waals surface area contributed by atoms with Crippen molar-refractivity contribution in [3.8, 4) is 0 Å². The Balaban J connectivity index is 1.81. The third kappa shape index (κ3) is 2.25. The Morgan fingerprint density at radius 3 is 2.08 bits per heavy atom. The molecule has 2 atom stereocenters. The van der Waals surface area contributed by atoms with Crippen molar-refractivity contribution in [2.75, 3.05) is 0 Å². The van der Waals surface area contributed by atoms with Crippen molar-refractivity contribution in [2.45, 2.75) is 64.5 Å². The summed E-state index contributed by atoms with van der Waals surface area (Å²) < 4.78 is 0. The average Bonchev–Trinajstić information content (AvgIpc) is 2.53. The summed E-state index contributed by atoms with van der Waals surface area (Å²) in [5.74, 6) is 2.00. The van der Waals surface area contributed by atoms with Crippen LogP contribution in [0.1, 0.15) is 52.4 Å². The van der Waals surface area contributed by atoms with Crippen LogP contribution in [0.4, 0.5) is 0 Å². The molecule has 0 bridgehead atoms. The maximum absolute atomic E-state index is 3.74. The van der Waals surface area contributed by atoms with E-state index in [9.17, 15) is 0 Å². The van der Waals surface area contributed by atoms with Gasteiger partial charge in [-0.15, -0.1) is 0 Å². The van der Waals surface area contributed by atoms with E-state index in [1.54, 1.807) is 0 Å². The summed E-state index contributed by atoms with van der Waals surface area (Å²) in [6.07, 6.45) is 8.72. The Hall–Kier alpha value is -0.0400. The first kappa shape index (κ1) is 9.51. The van der Waals surface area contributed by atoms with Crippen molar-refractivity contribution in [3.05, 3.63) is 0 Å². The first-order valence-electron chi connectivity index (χ1n) is 6.01. The highest BCUT2D eigenvalue weighted by molar-refractivity contribution is 4.87. The second-order valence-corrected chi connectivity index (χ2v) is 5.27. The maximum Gasteiger partial charge on any atom is 0.00983 e. The third-order valence-corrected chi connectivity index (χ3v) is 4.04. The molecular weight excluding hydrogens is 158 g/mol. The lowest BCUT2D eigenvalue weighted by molar-refractivity contribution is 0.240. The van der Waals surface area contributed by atoms with E-state index in [-0.39, 0.29) is 0 Å². The third-order valence-electron chi connectivity index (χ3n) is 4.04. The number of hydrogen-bond donors (Lipinski definition) is 1. The summed E-state index contributed by atoms with van der Waals surface area (Å²) in [7, 11) is 0. The molecule has 0 aromatic carbocycles. The Morgan fingerprint density at radius 1 is 0.846 bits per heavy atom. The van der Waals surface area contributed by atoms with Crippen molar-refractivity contribution in [3.63, 3.8) is 0 Å². The lowest BCUT2D eigenvalue weighted by atomic mass is 9.79. The molecule has 2 aliphatic rings. The maximum atomic E-state index is 3.74. The smallest absolute Gasteiger partial charge is 0.00983 e. The highest BCUT2D eigenvalue weighted by Gasteiger charge is 2.30. The molecule has 1 aliphatic heterocycles. The van der Waals surface area contributed by atoms with Gasteiger partial charge in [-0.1, -0.05) is 19.8 Å². The van der Waals surface area contributed by atoms with E-state index in [4.69, 9.17) is 0 Å². The van der Waals surface area contributed by atoms with Gasteiger partial charge in [0.1, 0.15) is 0 Å². The Bertz CT molecular complexity index is 159. The summed E-state index contributed by atoms with van der Waals surface area (Å²) in [6, 6.07) is 1.65. The first-order chi connectivity index (χ1) is 6.25. The fourth-order valence-electron chi connectivity index (χ4n) is 3.02. The molecule has 76 valence electrons. The quantitative estimate of drug-likeness (QED) is 0.656. The lowest BCUT2D eigenvalue weighted by Crippen LogP contribution is -2.35. The van der Waals surface area contributed by atoms with E-state index in [0.717, 1.165) is 23.9 Å². The second kappa shape index (κ2) is 4.00. The van der Waals surface area contributed by atoms with Crippen molar-refractivity contribution in [1.82, 2.24) is 5.32 Å². The van der Waals surface area contributed by atoms with Gasteiger partial charge in [-0.3, -0.25) is 0 Å². The number of hydrogen-bond acceptors (Lipinski definition) is 1. The van der Waals surface area contributed by atoms with Gasteiger partial charge in [0.2, 0.25) is 0 Å². The first-order valence-corrected chi connectivity index (χ1v) is 6.01. The van der Waals surface area contributed by atoms with Crippen LogP contribution in [0.25, 0.3) is 0 Å². The molecular formula is C12H23N. The normalized spacial score (nSPS) is 46.6. The predicted molar refractivity (Wildman–Crippen MR) is 56.7 cm³/mol. The van der Waals surface area contributed by atoms with E-state index in [1.807, 2.05) is 0 Å². The summed E-state index contributed by atoms with van der Waals surface area (Å²) in [4.78, 5) is 0. The number of nitrogens with one attached hydrogen (secondary N) is 1. The van der Waals surface area contributed by atoms with Crippen LogP contribution in [0.2, 0.25) is 0 Å². The van der Waals surface area contributed by atoms with Crippen molar-refractivity contribution in [1.29, 1.82) is 0 Å². The van der Waals surface area contributed by atoms with Gasteiger partial charge >= 0.3 is 0 Å². The zero-order valence-electron chi connectivity index (χ0n) is 9.05. The van der Waals surface area contributed by atoms with Gasteiger partial charge in [0, 0.05) is 12.1 Å². The molecule has 0 aromatic rings. The van der Waals surface area contributed by atoms with Crippen LogP contribution in [0.3, 0.4) is 0 Å². The molecule has 1 saturated carbocycles. The molecule has 1 aliphatic carbocycles. The van der Waals surface area contributed by atoms with Gasteiger partial charge in [-0.05, 0) is 44.4 Å². The van der Waals surface area contributed by atoms with Crippen LogP contribution in [-0.4, -0.2) is 12.1 Å². The van der Waals surface area contributed by atoms with Gasteiger partial charge in [0.05, 0.1) is 0 Å². The highest BCUT2D eigenvalue weighted by Crippen LogP contribution is 2.33. The van der Waals surface area contributed by atoms with Crippen molar-refractivity contribution in [2.24, 2.45) is 11.8 Å². The molecule has 0 amide bonds. The van der Waals surface area contributed by atoms with Crippen molar-refractivity contribution >= 4 is 0 Å². The lowest BCUT2D eigenvalue weighted by Gasteiger charge is -2.31. The van der Waals surface area contributed by atoms with Crippen LogP contribution in [0.5, 0.6) is 0 Å². The van der Waals surface area contributed by atoms with E-state index < -0.39 is 0 Å². The van der Waals surface area contributed by atoms with E-state index in [0.29, 0.717) is 0 Å². The van der Waals surface area contributed by atoms with Gasteiger partial charge < -0.3 is 5.32 Å². The monoisotopic (exact) mass is 181 g/mol. The SMILES string of the molecule is CC1CCC(C2CCC(C)N2)CC1. The molecule has 1 heteroatoms. The fourth-order valence-corrected chi connectivity index (χ4v) is 3.02. The second-order valence-electron chi connectivity index (χ2n) is 5.27. The molecule has 1 nitrogen and oxygen atoms in total. The average molecular weight is 181 g/mol. The molecule has 0 aromatic heterocycles. The van der Waals surface area contributed by atoms with Gasteiger partial charge in [-0.2, -0.15) is 0 Å². The van der Waals surface area contributed by atoms with Gasteiger partial charge in [0.15, 0.2) is 0 Å². The molecule has 1 saturated heterocycles. The number of rotatable bonds is 1. The van der Waals surface area contributed by atoms with Crippen LogP contribution in [0.15, 0.2) is 0 Å². The highest BCUT2D eigenvalue weighted by atomic mass is 15.0. The van der Waals surface area contributed by atoms with Gasteiger partial charge in [0.25, 0.3) is 0 Å². The van der Waals surface area contributed by atoms with Crippen LogP contribution >= 0.6 is 0 Å². The molecule has 0 radical (unpaired) electrons. The Labute approximate surface area is 82.3 Å². The van der Waals surface area contributed by atoms with E-state index >= 15 is 0 Å². The molecule has 2 unspecified atom stereocenters. The van der Waals surface area contributed by atoms with Crippen molar-refractivity contribution < 1.29 is 0 Å². The minimum Gasteiger partial charge on any atom is -0.311 e. The largest absolute Gasteiger partial charge is 0.311 e. The molecule has 13 heavy (non-hydrogen) atoms. The van der Waals surface area contributed by atoms with E-state index in [1.165, 1.54) is 38.5 Å². The van der Waals surface area contributed by atoms with E-state index in [2.05, 4.69) is 19.2 Å². The molecule has 2 fully saturated rings. The summed E-state index contributed by atoms with van der Waals surface area (Å²) in [6.45, 7) is 4.73. The minimum atomic E-state index is 0.782. The Morgan fingerprint density at radius 2 is 1.54 bits per heavy atom. The van der Waals surface area contributed by atoms with Crippen LogP contribution in [-0.2, 0) is 0 Å². The molecule has 2 rings (SSSR count). The summed E-state index contributed by atoms with van der Waals surface area (Å²) in [5, 5.41) is 3.74.